The van der Waals surface area contributed by atoms with Crippen molar-refractivity contribution in [1.82, 2.24) is 0 Å². The molecule has 5 atom stereocenters. The van der Waals surface area contributed by atoms with Crippen LogP contribution in [-0.2, 0) is 11.8 Å². The highest BCUT2D eigenvalue weighted by Crippen LogP contribution is 2.50. The standard InChI is InChI=1S/C17H20.C15H16.C14H14O.C12H24.C10H20.C9H12.C9H20.C8H16.C8H10.C8H16.C8H10.C3H8.2CH4/c1-13-5-9-15(10-6-13)17(3,4)16-11-7-14(2)8-12-16;1-12-3-7-14(8-4-12)11-15-9-5-13(2)6-10-15;1-11-3-7-13(8-4-11)15-14-9-5-12(2)6-10-14;1-6-12(5)8-10(2)7-11(3,4)9-12;1-3-9-5-7-10(4-2)8-6-9;1-7-5-4-6-8(2)9(7)3;1-5-9(4)7-6-8(2)3;2*1-7-3-5-8(2)6-4-7;2*1-7-4-3-5-8(2)6-7;1-3-2;;/h5-12H,1-4H3;3-10H,11H2,1-2H3;3-10H,1-2H3;10H,6-9H2,1-5H3;9-10H,3-8H2,1-2H3;4-6H,1-3H3;8-9H,5-7H2,1-4H3;7-8H,3-6H2,1-2H3;3-6H,1-2H3;7-8H,3-6H2,1-2H3;3-6H,1-2H3;3H2,1-2H3;2*1H4. The molecule has 0 spiro atoms. The summed E-state index contributed by atoms with van der Waals surface area (Å²) in [6, 6.07) is 74.6. The summed E-state index contributed by atoms with van der Waals surface area (Å²) >= 11 is 0. The molecule has 9 aromatic carbocycles. The maximum absolute atomic E-state index is 5.69. The van der Waals surface area contributed by atoms with Crippen LogP contribution >= 0.6 is 0 Å². The third kappa shape index (κ3) is 53.4. The van der Waals surface area contributed by atoms with Gasteiger partial charge in [-0.3, -0.25) is 0 Å². The van der Waals surface area contributed by atoms with Crippen LogP contribution in [0.2, 0.25) is 0 Å². The quantitative estimate of drug-likeness (QED) is 0.112. The minimum Gasteiger partial charge on any atom is -0.457 e. The summed E-state index contributed by atoms with van der Waals surface area (Å²) in [5.74, 6) is 10.7. The van der Waals surface area contributed by atoms with Gasteiger partial charge in [-0.1, -0.05) is 506 Å². The fourth-order valence-electron chi connectivity index (χ4n) is 16.9. The first kappa shape index (κ1) is 117. The SMILES string of the molecule is C.C.CC1CCC(C)CC1.CC1CCCC(C)C1.CCC.CCC(C)CCC(C)C.CCC1(C)CC(C)CC(C)(C)C1.CCC1CCC(CC)CC1.Cc1ccc(C(C)(C)c2ccc(C)cc2)cc1.Cc1ccc(C)cc1.Cc1ccc(Cc2ccc(C)cc2)cc1.Cc1ccc(Oc2ccc(C)cc2)cc1.Cc1cccc(C)c1.Cc1cccc(C)c1C. The molecule has 9 aromatic rings. The number of aryl methyl sites for hydroxylation is 12. The van der Waals surface area contributed by atoms with Crippen molar-refractivity contribution in [2.45, 2.75) is 390 Å². The van der Waals surface area contributed by atoms with Gasteiger partial charge in [0.25, 0.3) is 0 Å². The highest BCUT2D eigenvalue weighted by atomic mass is 16.5. The zero-order valence-corrected chi connectivity index (χ0v) is 85.1. The topological polar surface area (TPSA) is 9.23 Å². The Morgan fingerprint density at radius 2 is 0.677 bits per heavy atom. The maximum atomic E-state index is 5.69. The molecule has 124 heavy (non-hydrogen) atoms. The average molecular weight is 1690 g/mol. The molecule has 1 nitrogen and oxygen atoms in total. The van der Waals surface area contributed by atoms with E-state index in [1.54, 1.807) is 0 Å². The van der Waals surface area contributed by atoms with Crippen LogP contribution in [0.3, 0.4) is 0 Å². The molecule has 692 valence electrons. The first-order valence-corrected chi connectivity index (χ1v) is 48.8. The van der Waals surface area contributed by atoms with Crippen molar-refractivity contribution in [2.75, 3.05) is 0 Å². The lowest BCUT2D eigenvalue weighted by Crippen LogP contribution is -2.34. The Bertz CT molecular complexity index is 3720. The summed E-state index contributed by atoms with van der Waals surface area (Å²) in [5, 5.41) is 0. The summed E-state index contributed by atoms with van der Waals surface area (Å²) in [6.07, 6.45) is 32.7. The molecule has 0 N–H and O–H groups in total. The molecule has 13 rings (SSSR count). The second kappa shape index (κ2) is 64.5. The van der Waals surface area contributed by atoms with Gasteiger partial charge in [0.1, 0.15) is 11.5 Å². The molecule has 0 bridgehead atoms. The monoisotopic (exact) mass is 1690 g/mol. The Kier molecular flexibility index (Phi) is 60.7. The van der Waals surface area contributed by atoms with Crippen LogP contribution in [0.1, 0.15) is 382 Å². The van der Waals surface area contributed by atoms with Gasteiger partial charge >= 0.3 is 0 Å². The Hall–Kier alpha value is -7.22. The van der Waals surface area contributed by atoms with E-state index in [9.17, 15) is 0 Å². The second-order valence-corrected chi connectivity index (χ2v) is 40.7. The van der Waals surface area contributed by atoms with Crippen LogP contribution in [0, 0.1) is 154 Å². The normalized spacial score (nSPS) is 19.0. The smallest absolute Gasteiger partial charge is 0.127 e. The number of rotatable bonds is 13. The van der Waals surface area contributed by atoms with Gasteiger partial charge in [0.05, 0.1) is 0 Å². The van der Waals surface area contributed by atoms with Crippen LogP contribution in [0.5, 0.6) is 11.5 Å². The molecule has 1 heteroatoms. The van der Waals surface area contributed by atoms with Gasteiger partial charge in [-0.05, 0) is 249 Å². The van der Waals surface area contributed by atoms with E-state index in [0.717, 1.165) is 71.2 Å². The molecule has 4 aliphatic carbocycles. The molecule has 0 saturated heterocycles. The van der Waals surface area contributed by atoms with Gasteiger partial charge in [0.15, 0.2) is 0 Å². The number of hydrogen-bond donors (Lipinski definition) is 0. The third-order valence-electron chi connectivity index (χ3n) is 25.8. The summed E-state index contributed by atoms with van der Waals surface area (Å²) < 4.78 is 5.69. The van der Waals surface area contributed by atoms with E-state index in [0.29, 0.717) is 10.8 Å². The van der Waals surface area contributed by atoms with Crippen LogP contribution in [0.4, 0.5) is 0 Å². The summed E-state index contributed by atoms with van der Waals surface area (Å²) in [5.41, 5.74) is 24.0. The lowest BCUT2D eigenvalue weighted by atomic mass is 9.60. The van der Waals surface area contributed by atoms with Crippen molar-refractivity contribution >= 4 is 0 Å². The van der Waals surface area contributed by atoms with E-state index in [1.807, 2.05) is 48.5 Å². The van der Waals surface area contributed by atoms with Crippen LogP contribution in [-0.4, -0.2) is 0 Å². The lowest BCUT2D eigenvalue weighted by molar-refractivity contribution is 0.0581. The third-order valence-corrected chi connectivity index (χ3v) is 25.8. The van der Waals surface area contributed by atoms with E-state index in [4.69, 9.17) is 4.74 Å². The number of hydrogen-bond acceptors (Lipinski definition) is 1. The average Bonchev–Trinajstić information content (AvgIpc) is 0.810. The minimum absolute atomic E-state index is 0. The van der Waals surface area contributed by atoms with Crippen molar-refractivity contribution < 1.29 is 4.74 Å². The Morgan fingerprint density at radius 1 is 0.363 bits per heavy atom. The first-order valence-electron chi connectivity index (χ1n) is 48.8. The van der Waals surface area contributed by atoms with Crippen molar-refractivity contribution in [1.29, 1.82) is 0 Å². The molecule has 0 heterocycles. The molecule has 0 amide bonds. The molecule has 4 saturated carbocycles. The molecule has 4 aliphatic rings. The Morgan fingerprint density at radius 3 is 0.944 bits per heavy atom. The Balaban J connectivity index is 0.00000135. The molecule has 0 aliphatic heterocycles. The first-order chi connectivity index (χ1) is 57.6. The summed E-state index contributed by atoms with van der Waals surface area (Å²) in [6.45, 7) is 71.7. The maximum Gasteiger partial charge on any atom is 0.127 e. The lowest BCUT2D eigenvalue weighted by Gasteiger charge is -2.45. The van der Waals surface area contributed by atoms with E-state index in [2.05, 4.69) is 385 Å². The predicted octanol–water partition coefficient (Wildman–Crippen LogP) is 39.5. The van der Waals surface area contributed by atoms with E-state index >= 15 is 0 Å². The van der Waals surface area contributed by atoms with Gasteiger partial charge in [-0.25, -0.2) is 0 Å². The number of benzene rings is 9. The van der Waals surface area contributed by atoms with Gasteiger partial charge < -0.3 is 4.74 Å². The highest BCUT2D eigenvalue weighted by molar-refractivity contribution is 5.40. The summed E-state index contributed by atoms with van der Waals surface area (Å²) in [4.78, 5) is 0. The largest absolute Gasteiger partial charge is 0.457 e. The van der Waals surface area contributed by atoms with Crippen LogP contribution in [0.15, 0.2) is 212 Å². The van der Waals surface area contributed by atoms with E-state index < -0.39 is 0 Å². The second-order valence-electron chi connectivity index (χ2n) is 40.7. The van der Waals surface area contributed by atoms with Crippen LogP contribution in [0.25, 0.3) is 0 Å². The molecule has 0 aromatic heterocycles. The minimum atomic E-state index is 0. The van der Waals surface area contributed by atoms with E-state index in [1.165, 1.54) is 236 Å². The Labute approximate surface area is 771 Å². The van der Waals surface area contributed by atoms with Crippen LogP contribution < -0.4 is 4.74 Å². The molecular weight excluding hydrogens is 1490 g/mol. The molecule has 4 fully saturated rings. The molecular formula is C123H194O. The zero-order chi connectivity index (χ0) is 91.4. The van der Waals surface area contributed by atoms with Gasteiger partial charge in [0.2, 0.25) is 0 Å². The van der Waals surface area contributed by atoms with Crippen molar-refractivity contribution in [3.05, 3.63) is 307 Å². The van der Waals surface area contributed by atoms with Crippen molar-refractivity contribution in [3.8, 4) is 11.5 Å². The fraction of sp³-hybridized carbons (Fsp3) is 0.561. The number of ether oxygens (including phenoxy) is 1. The van der Waals surface area contributed by atoms with Crippen molar-refractivity contribution in [2.24, 2.45) is 64.1 Å². The zero-order valence-electron chi connectivity index (χ0n) is 85.1. The highest BCUT2D eigenvalue weighted by Gasteiger charge is 2.38. The van der Waals surface area contributed by atoms with Crippen molar-refractivity contribution in [3.63, 3.8) is 0 Å². The van der Waals surface area contributed by atoms with Gasteiger partial charge in [0, 0.05) is 5.41 Å². The predicted molar refractivity (Wildman–Crippen MR) is 562 cm³/mol. The van der Waals surface area contributed by atoms with Gasteiger partial charge in [-0.15, -0.1) is 0 Å². The van der Waals surface area contributed by atoms with E-state index in [-0.39, 0.29) is 20.3 Å². The van der Waals surface area contributed by atoms with Gasteiger partial charge in [-0.2, -0.15) is 0 Å². The fourth-order valence-corrected chi connectivity index (χ4v) is 16.9. The molecule has 0 radical (unpaired) electrons. The summed E-state index contributed by atoms with van der Waals surface area (Å²) in [7, 11) is 0. The molecule has 5 unspecified atom stereocenters.